The van der Waals surface area contributed by atoms with Crippen LogP contribution >= 0.6 is 11.6 Å². The van der Waals surface area contributed by atoms with E-state index in [0.29, 0.717) is 54.2 Å². The maximum absolute atomic E-state index is 12.5. The molecule has 7 nitrogen and oxygen atoms in total. The second kappa shape index (κ2) is 19.4. The maximum atomic E-state index is 12.5. The summed E-state index contributed by atoms with van der Waals surface area (Å²) in [4.78, 5) is 24.9. The minimum atomic E-state index is -0.447. The van der Waals surface area contributed by atoms with Crippen molar-refractivity contribution in [1.82, 2.24) is 0 Å². The van der Waals surface area contributed by atoms with Crippen molar-refractivity contribution >= 4 is 29.0 Å². The van der Waals surface area contributed by atoms with Gasteiger partial charge in [-0.05, 0) is 49.2 Å². The Bertz CT molecular complexity index is 966. The lowest BCUT2D eigenvalue weighted by molar-refractivity contribution is -0.115. The molecule has 0 aromatic heterocycles. The number of ether oxygens (including phenoxy) is 4. The van der Waals surface area contributed by atoms with Crippen molar-refractivity contribution in [2.45, 2.75) is 77.7 Å². The molecule has 0 atom stereocenters. The minimum absolute atomic E-state index is 0.277. The molecule has 2 rings (SSSR count). The molecule has 216 valence electrons. The van der Waals surface area contributed by atoms with Gasteiger partial charge in [0.05, 0.1) is 37.5 Å². The Morgan fingerprint density at radius 2 is 1.41 bits per heavy atom. The molecular weight excluding hydrogens is 518 g/mol. The Balaban J connectivity index is 1.89. The lowest BCUT2D eigenvalue weighted by atomic mass is 10.1. The van der Waals surface area contributed by atoms with Gasteiger partial charge in [0.25, 0.3) is 0 Å². The Kier molecular flexibility index (Phi) is 16.3. The van der Waals surface area contributed by atoms with E-state index in [2.05, 4.69) is 19.2 Å². The van der Waals surface area contributed by atoms with E-state index < -0.39 is 5.91 Å². The number of nitrogens with one attached hydrogen (secondary N) is 1. The molecular formula is C31H44ClNO6. The first-order valence-electron chi connectivity index (χ1n) is 14.1. The van der Waals surface area contributed by atoms with Crippen molar-refractivity contribution in [3.8, 4) is 11.5 Å². The van der Waals surface area contributed by atoms with E-state index in [1.165, 1.54) is 25.7 Å². The fraction of sp³-hybridized carbons (Fsp3) is 0.548. The van der Waals surface area contributed by atoms with E-state index in [1.54, 1.807) is 49.6 Å². The molecule has 0 aliphatic heterocycles. The van der Waals surface area contributed by atoms with E-state index in [9.17, 15) is 9.59 Å². The normalized spacial score (nSPS) is 11.0. The number of ketones is 1. The number of benzene rings is 2. The number of hydrogen-bond donors (Lipinski definition) is 1. The molecule has 0 aliphatic rings. The molecule has 8 heteroatoms. The van der Waals surface area contributed by atoms with Crippen LogP contribution in [0.25, 0.3) is 0 Å². The molecule has 39 heavy (non-hydrogen) atoms. The number of Topliss-reactive ketones (excluding diaryl/α,β-unsaturated/α-hetero) is 1. The van der Waals surface area contributed by atoms with Crippen molar-refractivity contribution in [2.75, 3.05) is 38.9 Å². The summed E-state index contributed by atoms with van der Waals surface area (Å²) in [5.41, 5.74) is 0.847. The van der Waals surface area contributed by atoms with Gasteiger partial charge in [-0.15, -0.1) is 0 Å². The van der Waals surface area contributed by atoms with E-state index in [0.717, 1.165) is 25.7 Å². The number of halogens is 1. The molecule has 0 aliphatic carbocycles. The molecule has 0 spiro atoms. The average Bonchev–Trinajstić information content (AvgIpc) is 2.93. The third kappa shape index (κ3) is 13.3. The zero-order chi connectivity index (χ0) is 28.3. The van der Waals surface area contributed by atoms with E-state index >= 15 is 0 Å². The van der Waals surface area contributed by atoms with E-state index in [4.69, 9.17) is 30.5 Å². The number of carbonyl (C=O) groups is 2. The first-order chi connectivity index (χ1) is 19.0. The number of hydrogen-bond acceptors (Lipinski definition) is 6. The second-order valence-electron chi connectivity index (χ2n) is 9.53. The molecule has 0 fully saturated rings. The van der Waals surface area contributed by atoms with Gasteiger partial charge in [0.1, 0.15) is 17.6 Å². The third-order valence-corrected chi connectivity index (χ3v) is 6.46. The molecule has 0 radical (unpaired) electrons. The number of amides is 1. The Labute approximate surface area is 238 Å². The lowest BCUT2D eigenvalue weighted by Crippen LogP contribution is -2.29. The standard InChI is InChI=1S/C31H44ClNO6/c1-4-6-8-10-18-37-22-27(23-38-19-11-9-7-5-2)39-26-16-17-29(28(32)20-26)33-31(35)21-30(34)24-12-14-25(36-3)15-13-24/h12-17,20,27H,4-11,18-19,21-23H2,1-3H3,(H,33,35). The molecule has 0 saturated heterocycles. The number of methoxy groups -OCH3 is 1. The van der Waals surface area contributed by atoms with Crippen LogP contribution in [0.4, 0.5) is 5.69 Å². The van der Waals surface area contributed by atoms with Crippen LogP contribution in [0.15, 0.2) is 42.5 Å². The van der Waals surface area contributed by atoms with Gasteiger partial charge in [0.2, 0.25) is 5.91 Å². The molecule has 1 N–H and O–H groups in total. The highest BCUT2D eigenvalue weighted by atomic mass is 35.5. The SMILES string of the molecule is CCCCCCOCC(COCCCCCC)Oc1ccc(NC(=O)CC(=O)c2ccc(OC)cc2)c(Cl)c1. The minimum Gasteiger partial charge on any atom is -0.497 e. The summed E-state index contributed by atoms with van der Waals surface area (Å²) in [5.74, 6) is 0.460. The van der Waals surface area contributed by atoms with Gasteiger partial charge >= 0.3 is 0 Å². The molecule has 0 unspecified atom stereocenters. The molecule has 0 heterocycles. The predicted octanol–water partition coefficient (Wildman–Crippen LogP) is 7.50. The van der Waals surface area contributed by atoms with Crippen LogP contribution in [-0.4, -0.2) is 51.3 Å². The summed E-state index contributed by atoms with van der Waals surface area (Å²) in [6.07, 6.45) is 8.59. The van der Waals surface area contributed by atoms with E-state index in [1.807, 2.05) is 0 Å². The monoisotopic (exact) mass is 561 g/mol. The lowest BCUT2D eigenvalue weighted by Gasteiger charge is -2.20. The van der Waals surface area contributed by atoms with Crippen LogP contribution in [0.2, 0.25) is 5.02 Å². The Morgan fingerprint density at radius 1 is 0.821 bits per heavy atom. The first kappa shape index (κ1) is 32.6. The van der Waals surface area contributed by atoms with E-state index in [-0.39, 0.29) is 18.3 Å². The molecule has 2 aromatic rings. The van der Waals surface area contributed by atoms with Crippen LogP contribution in [0, 0.1) is 0 Å². The van der Waals surface area contributed by atoms with Crippen molar-refractivity contribution < 1.29 is 28.5 Å². The van der Waals surface area contributed by atoms with Gasteiger partial charge in [0, 0.05) is 24.8 Å². The summed E-state index contributed by atoms with van der Waals surface area (Å²) < 4.78 is 23.0. The zero-order valence-corrected chi connectivity index (χ0v) is 24.4. The van der Waals surface area contributed by atoms with Crippen LogP contribution in [0.5, 0.6) is 11.5 Å². The fourth-order valence-electron chi connectivity index (χ4n) is 3.89. The summed E-state index contributed by atoms with van der Waals surface area (Å²) in [5, 5.41) is 3.03. The van der Waals surface area contributed by atoms with Crippen molar-refractivity contribution in [3.05, 3.63) is 53.1 Å². The van der Waals surface area contributed by atoms with Crippen LogP contribution in [-0.2, 0) is 14.3 Å². The Morgan fingerprint density at radius 3 is 1.95 bits per heavy atom. The predicted molar refractivity (Wildman–Crippen MR) is 156 cm³/mol. The quantitative estimate of drug-likeness (QED) is 0.0965. The number of anilines is 1. The average molecular weight is 562 g/mol. The van der Waals surface area contributed by atoms with Gasteiger partial charge in [-0.1, -0.05) is 64.0 Å². The summed E-state index contributed by atoms with van der Waals surface area (Å²) in [6, 6.07) is 11.7. The van der Waals surface area contributed by atoms with Gasteiger partial charge in [0.15, 0.2) is 5.78 Å². The maximum Gasteiger partial charge on any atom is 0.232 e. The van der Waals surface area contributed by atoms with Crippen molar-refractivity contribution in [1.29, 1.82) is 0 Å². The highest BCUT2D eigenvalue weighted by Crippen LogP contribution is 2.28. The highest BCUT2D eigenvalue weighted by molar-refractivity contribution is 6.34. The first-order valence-corrected chi connectivity index (χ1v) is 14.4. The Hall–Kier alpha value is -2.61. The van der Waals surface area contributed by atoms with Gasteiger partial charge in [-0.3, -0.25) is 9.59 Å². The second-order valence-corrected chi connectivity index (χ2v) is 9.94. The van der Waals surface area contributed by atoms with Crippen LogP contribution in [0.3, 0.4) is 0 Å². The zero-order valence-electron chi connectivity index (χ0n) is 23.6. The summed E-state index contributed by atoms with van der Waals surface area (Å²) >= 11 is 6.44. The fourth-order valence-corrected chi connectivity index (χ4v) is 4.11. The van der Waals surface area contributed by atoms with Crippen molar-refractivity contribution in [3.63, 3.8) is 0 Å². The molecule has 1 amide bonds. The molecule has 0 saturated carbocycles. The largest absolute Gasteiger partial charge is 0.497 e. The van der Waals surface area contributed by atoms with Crippen LogP contribution < -0.4 is 14.8 Å². The number of rotatable bonds is 21. The van der Waals surface area contributed by atoms with Gasteiger partial charge in [-0.2, -0.15) is 0 Å². The summed E-state index contributed by atoms with van der Waals surface area (Å²) in [7, 11) is 1.55. The third-order valence-electron chi connectivity index (χ3n) is 6.14. The smallest absolute Gasteiger partial charge is 0.232 e. The van der Waals surface area contributed by atoms with Crippen LogP contribution in [0.1, 0.15) is 82.0 Å². The number of unbranched alkanes of at least 4 members (excludes halogenated alkanes) is 6. The van der Waals surface area contributed by atoms with Gasteiger partial charge in [-0.25, -0.2) is 0 Å². The highest BCUT2D eigenvalue weighted by Gasteiger charge is 2.16. The number of carbonyl (C=O) groups excluding carboxylic acids is 2. The van der Waals surface area contributed by atoms with Crippen molar-refractivity contribution in [2.24, 2.45) is 0 Å². The van der Waals surface area contributed by atoms with Gasteiger partial charge < -0.3 is 24.3 Å². The topological polar surface area (TPSA) is 83.1 Å². The molecule has 2 aromatic carbocycles. The molecule has 0 bridgehead atoms. The summed E-state index contributed by atoms with van der Waals surface area (Å²) in [6.45, 7) is 6.60.